The SMILES string of the molecule is Nc1ccc(SCC2CCOCC2)cn1. The molecule has 0 saturated carbocycles. The molecule has 4 heteroatoms. The number of pyridine rings is 1. The Morgan fingerprint density at radius 2 is 2.20 bits per heavy atom. The number of thioether (sulfide) groups is 1. The van der Waals surface area contributed by atoms with Crippen LogP contribution in [-0.2, 0) is 4.74 Å². The van der Waals surface area contributed by atoms with E-state index in [1.165, 1.54) is 17.7 Å². The van der Waals surface area contributed by atoms with Crippen molar-refractivity contribution >= 4 is 17.6 Å². The molecule has 2 rings (SSSR count). The molecule has 0 amide bonds. The number of aromatic nitrogens is 1. The third kappa shape index (κ3) is 3.39. The van der Waals surface area contributed by atoms with E-state index in [4.69, 9.17) is 10.5 Å². The highest BCUT2D eigenvalue weighted by molar-refractivity contribution is 7.99. The van der Waals surface area contributed by atoms with Gasteiger partial charge < -0.3 is 10.5 Å². The largest absolute Gasteiger partial charge is 0.384 e. The van der Waals surface area contributed by atoms with Gasteiger partial charge in [0.15, 0.2) is 0 Å². The molecule has 1 aliphatic heterocycles. The van der Waals surface area contributed by atoms with Crippen LogP contribution in [0.25, 0.3) is 0 Å². The monoisotopic (exact) mass is 224 g/mol. The minimum absolute atomic E-state index is 0.588. The highest BCUT2D eigenvalue weighted by Gasteiger charge is 2.13. The molecule has 0 unspecified atom stereocenters. The van der Waals surface area contributed by atoms with Gasteiger partial charge in [-0.25, -0.2) is 4.98 Å². The second-order valence-electron chi connectivity index (χ2n) is 3.79. The third-order valence-electron chi connectivity index (χ3n) is 2.59. The van der Waals surface area contributed by atoms with E-state index in [1.807, 2.05) is 30.1 Å². The minimum atomic E-state index is 0.588. The predicted octanol–water partition coefficient (Wildman–Crippen LogP) is 2.18. The average molecular weight is 224 g/mol. The van der Waals surface area contributed by atoms with Crippen LogP contribution < -0.4 is 5.73 Å². The average Bonchev–Trinajstić information content (AvgIpc) is 2.30. The first-order valence-corrected chi connectivity index (χ1v) is 6.25. The second kappa shape index (κ2) is 5.37. The number of ether oxygens (including phenoxy) is 1. The van der Waals surface area contributed by atoms with Crippen LogP contribution in [-0.4, -0.2) is 24.0 Å². The Kier molecular flexibility index (Phi) is 3.86. The fourth-order valence-electron chi connectivity index (χ4n) is 1.60. The lowest BCUT2D eigenvalue weighted by atomic mass is 10.0. The topological polar surface area (TPSA) is 48.1 Å². The first-order chi connectivity index (χ1) is 7.34. The standard InChI is InChI=1S/C11H16N2OS/c12-11-2-1-10(7-13-11)15-8-9-3-5-14-6-4-9/h1-2,7,9H,3-6,8H2,(H2,12,13). The summed E-state index contributed by atoms with van der Waals surface area (Å²) >= 11 is 1.86. The van der Waals surface area contributed by atoms with Gasteiger partial charge in [-0.15, -0.1) is 11.8 Å². The number of anilines is 1. The Bertz CT molecular complexity index is 296. The zero-order valence-corrected chi connectivity index (χ0v) is 9.50. The van der Waals surface area contributed by atoms with E-state index in [9.17, 15) is 0 Å². The number of nitrogens with two attached hydrogens (primary N) is 1. The highest BCUT2D eigenvalue weighted by atomic mass is 32.2. The van der Waals surface area contributed by atoms with Gasteiger partial charge in [-0.1, -0.05) is 0 Å². The fraction of sp³-hybridized carbons (Fsp3) is 0.545. The Balaban J connectivity index is 1.79. The highest BCUT2D eigenvalue weighted by Crippen LogP contribution is 2.25. The van der Waals surface area contributed by atoms with Gasteiger partial charge in [-0.2, -0.15) is 0 Å². The number of hydrogen-bond acceptors (Lipinski definition) is 4. The van der Waals surface area contributed by atoms with Crippen LogP contribution in [0.15, 0.2) is 23.2 Å². The number of hydrogen-bond donors (Lipinski definition) is 1. The smallest absolute Gasteiger partial charge is 0.123 e. The summed E-state index contributed by atoms with van der Waals surface area (Å²) in [5.41, 5.74) is 5.53. The molecule has 0 radical (unpaired) electrons. The molecule has 2 heterocycles. The molecule has 0 aromatic carbocycles. The van der Waals surface area contributed by atoms with Crippen molar-refractivity contribution in [2.24, 2.45) is 5.92 Å². The second-order valence-corrected chi connectivity index (χ2v) is 4.88. The van der Waals surface area contributed by atoms with E-state index in [-0.39, 0.29) is 0 Å². The van der Waals surface area contributed by atoms with Crippen molar-refractivity contribution in [3.05, 3.63) is 18.3 Å². The Morgan fingerprint density at radius 1 is 1.40 bits per heavy atom. The lowest BCUT2D eigenvalue weighted by Gasteiger charge is -2.21. The van der Waals surface area contributed by atoms with Crippen LogP contribution in [0.3, 0.4) is 0 Å². The molecule has 0 atom stereocenters. The zero-order chi connectivity index (χ0) is 10.5. The molecule has 0 spiro atoms. The molecule has 15 heavy (non-hydrogen) atoms. The summed E-state index contributed by atoms with van der Waals surface area (Å²) in [7, 11) is 0. The predicted molar refractivity (Wildman–Crippen MR) is 62.9 cm³/mol. The Hall–Kier alpha value is -0.740. The maximum absolute atomic E-state index is 5.53. The van der Waals surface area contributed by atoms with Crippen molar-refractivity contribution < 1.29 is 4.74 Å². The molecule has 1 fully saturated rings. The molecule has 0 aliphatic carbocycles. The molecule has 0 bridgehead atoms. The van der Waals surface area contributed by atoms with Crippen molar-refractivity contribution in [3.63, 3.8) is 0 Å². The molecule has 1 aromatic rings. The van der Waals surface area contributed by atoms with Crippen LogP contribution in [0.2, 0.25) is 0 Å². The van der Waals surface area contributed by atoms with Gasteiger partial charge in [-0.05, 0) is 30.9 Å². The normalized spacial score (nSPS) is 17.9. The maximum atomic E-state index is 5.53. The molecule has 1 aromatic heterocycles. The van der Waals surface area contributed by atoms with E-state index >= 15 is 0 Å². The van der Waals surface area contributed by atoms with Crippen molar-refractivity contribution in [2.75, 3.05) is 24.7 Å². The molecule has 82 valence electrons. The van der Waals surface area contributed by atoms with Crippen LogP contribution >= 0.6 is 11.8 Å². The maximum Gasteiger partial charge on any atom is 0.123 e. The summed E-state index contributed by atoms with van der Waals surface area (Å²) in [4.78, 5) is 5.28. The first-order valence-electron chi connectivity index (χ1n) is 5.26. The Labute approximate surface area is 94.4 Å². The van der Waals surface area contributed by atoms with Crippen molar-refractivity contribution in [2.45, 2.75) is 17.7 Å². The van der Waals surface area contributed by atoms with Gasteiger partial charge in [0.2, 0.25) is 0 Å². The summed E-state index contributed by atoms with van der Waals surface area (Å²) in [6.45, 7) is 1.84. The van der Waals surface area contributed by atoms with Gasteiger partial charge in [0.05, 0.1) is 0 Å². The van der Waals surface area contributed by atoms with Crippen molar-refractivity contribution in [3.8, 4) is 0 Å². The van der Waals surface area contributed by atoms with Gasteiger partial charge in [0.25, 0.3) is 0 Å². The van der Waals surface area contributed by atoms with Crippen LogP contribution in [0.1, 0.15) is 12.8 Å². The van der Waals surface area contributed by atoms with Crippen molar-refractivity contribution in [1.82, 2.24) is 4.98 Å². The number of rotatable bonds is 3. The van der Waals surface area contributed by atoms with Gasteiger partial charge in [0.1, 0.15) is 5.82 Å². The van der Waals surface area contributed by atoms with Crippen LogP contribution in [0, 0.1) is 5.92 Å². The van der Waals surface area contributed by atoms with Crippen LogP contribution in [0.4, 0.5) is 5.82 Å². The first kappa shape index (κ1) is 10.8. The quantitative estimate of drug-likeness (QED) is 0.799. The molecular formula is C11H16N2OS. The minimum Gasteiger partial charge on any atom is -0.384 e. The van der Waals surface area contributed by atoms with Gasteiger partial charge >= 0.3 is 0 Å². The molecule has 1 aliphatic rings. The van der Waals surface area contributed by atoms with Gasteiger partial charge in [0, 0.05) is 30.1 Å². The van der Waals surface area contributed by atoms with Crippen molar-refractivity contribution in [1.29, 1.82) is 0 Å². The summed E-state index contributed by atoms with van der Waals surface area (Å²) < 4.78 is 5.33. The zero-order valence-electron chi connectivity index (χ0n) is 8.69. The summed E-state index contributed by atoms with van der Waals surface area (Å²) in [5.74, 6) is 2.54. The summed E-state index contributed by atoms with van der Waals surface area (Å²) in [5, 5.41) is 0. The summed E-state index contributed by atoms with van der Waals surface area (Å²) in [6.07, 6.45) is 4.23. The number of nitrogen functional groups attached to an aromatic ring is 1. The molecule has 3 nitrogen and oxygen atoms in total. The van der Waals surface area contributed by atoms with Crippen LogP contribution in [0.5, 0.6) is 0 Å². The lowest BCUT2D eigenvalue weighted by molar-refractivity contribution is 0.0728. The van der Waals surface area contributed by atoms with E-state index in [2.05, 4.69) is 4.98 Å². The van der Waals surface area contributed by atoms with Gasteiger partial charge in [-0.3, -0.25) is 0 Å². The van der Waals surface area contributed by atoms with E-state index in [1.54, 1.807) is 0 Å². The number of nitrogens with zero attached hydrogens (tertiary/aromatic N) is 1. The molecule has 1 saturated heterocycles. The Morgan fingerprint density at radius 3 is 2.87 bits per heavy atom. The molecule has 2 N–H and O–H groups in total. The molecular weight excluding hydrogens is 208 g/mol. The lowest BCUT2D eigenvalue weighted by Crippen LogP contribution is -2.17. The van der Waals surface area contributed by atoms with E-state index in [0.717, 1.165) is 24.9 Å². The fourth-order valence-corrected chi connectivity index (χ4v) is 2.66. The third-order valence-corrected chi connectivity index (χ3v) is 3.80. The van der Waals surface area contributed by atoms with E-state index < -0.39 is 0 Å². The summed E-state index contributed by atoms with van der Waals surface area (Å²) in [6, 6.07) is 3.89. The van der Waals surface area contributed by atoms with E-state index in [0.29, 0.717) is 5.82 Å².